The monoisotopic (exact) mass is 590 g/mol. The van der Waals surface area contributed by atoms with Crippen molar-refractivity contribution in [3.05, 3.63) is 23.3 Å². The van der Waals surface area contributed by atoms with Gasteiger partial charge in [-0.3, -0.25) is 14.7 Å². The molecule has 0 unspecified atom stereocenters. The molecule has 0 bridgehead atoms. The van der Waals surface area contributed by atoms with E-state index in [-0.39, 0.29) is 31.2 Å². The summed E-state index contributed by atoms with van der Waals surface area (Å²) in [5.74, 6) is 2.17. The van der Waals surface area contributed by atoms with Crippen LogP contribution in [0.25, 0.3) is 0 Å². The number of aryl methyl sites for hydroxylation is 1. The molecule has 41 heavy (non-hydrogen) atoms. The summed E-state index contributed by atoms with van der Waals surface area (Å²) in [4.78, 5) is 31.8. The average molecular weight is 591 g/mol. The Bertz CT molecular complexity index is 1290. The van der Waals surface area contributed by atoms with Crippen LogP contribution in [0.2, 0.25) is 0 Å². The zero-order chi connectivity index (χ0) is 30.2. The maximum absolute atomic E-state index is 13.4. The second kappa shape index (κ2) is 11.9. The van der Waals surface area contributed by atoms with Gasteiger partial charge in [-0.05, 0) is 82.9 Å². The Balaban J connectivity index is 1.40. The van der Waals surface area contributed by atoms with Crippen LogP contribution in [0.1, 0.15) is 77.3 Å². The number of aliphatic imine (C=N–C) groups is 1. The highest BCUT2D eigenvalue weighted by Gasteiger charge is 2.48. The van der Waals surface area contributed by atoms with Crippen molar-refractivity contribution in [1.82, 2.24) is 9.62 Å². The number of methoxy groups -OCH3 is 1. The van der Waals surface area contributed by atoms with Gasteiger partial charge in [0.2, 0.25) is 10.0 Å². The standard InChI is InChI=1S/C30H46N4O6S/c1-20-8-10-22(11-9-20)26-31-27(35)30(32-26)13-15-34(16-14-30)41(37,38)17-12-24-21(2)18-23(19-25(24)39-7)33(6)28(36)40-29(3,4)5/h18-20,22H,8-17H2,1-7H3,(H,31,32,35). The van der Waals surface area contributed by atoms with Gasteiger partial charge in [-0.15, -0.1) is 0 Å². The van der Waals surface area contributed by atoms with Gasteiger partial charge in [-0.1, -0.05) is 19.8 Å². The van der Waals surface area contributed by atoms with Gasteiger partial charge in [0.15, 0.2) is 0 Å². The lowest BCUT2D eigenvalue weighted by molar-refractivity contribution is -0.125. The summed E-state index contributed by atoms with van der Waals surface area (Å²) >= 11 is 0. The number of nitrogens with zero attached hydrogens (tertiary/aromatic N) is 3. The molecular formula is C30H46N4O6S. The fraction of sp³-hybridized carbons (Fsp3) is 0.700. The quantitative estimate of drug-likeness (QED) is 0.502. The summed E-state index contributed by atoms with van der Waals surface area (Å²) in [6.45, 7) is 10.1. The van der Waals surface area contributed by atoms with Crippen molar-refractivity contribution in [3.8, 4) is 5.75 Å². The zero-order valence-electron chi connectivity index (χ0n) is 25.6. The summed E-state index contributed by atoms with van der Waals surface area (Å²) in [5, 5.41) is 3.05. The van der Waals surface area contributed by atoms with Gasteiger partial charge >= 0.3 is 6.09 Å². The smallest absolute Gasteiger partial charge is 0.414 e. The van der Waals surface area contributed by atoms with E-state index in [2.05, 4.69) is 12.2 Å². The van der Waals surface area contributed by atoms with E-state index in [1.165, 1.54) is 16.3 Å². The number of amidine groups is 1. The minimum absolute atomic E-state index is 0.0834. The number of benzene rings is 1. The Morgan fingerprint density at radius 1 is 1.17 bits per heavy atom. The number of anilines is 1. The van der Waals surface area contributed by atoms with Crippen LogP contribution in [0.3, 0.4) is 0 Å². The molecule has 4 rings (SSSR count). The number of hydrogen-bond donors (Lipinski definition) is 1. The molecule has 2 amide bonds. The molecule has 1 aromatic rings. The lowest BCUT2D eigenvalue weighted by atomic mass is 9.82. The van der Waals surface area contributed by atoms with Crippen LogP contribution in [0.15, 0.2) is 17.1 Å². The largest absolute Gasteiger partial charge is 0.496 e. The van der Waals surface area contributed by atoms with Crippen LogP contribution in [0.4, 0.5) is 10.5 Å². The topological polar surface area (TPSA) is 118 Å². The second-order valence-electron chi connectivity index (χ2n) is 12.9. The van der Waals surface area contributed by atoms with E-state index in [0.29, 0.717) is 36.1 Å². The second-order valence-corrected chi connectivity index (χ2v) is 15.0. The minimum Gasteiger partial charge on any atom is -0.496 e. The third-order valence-corrected chi connectivity index (χ3v) is 10.5. The van der Waals surface area contributed by atoms with Crippen LogP contribution >= 0.6 is 0 Å². The van der Waals surface area contributed by atoms with Gasteiger partial charge in [0.1, 0.15) is 22.7 Å². The highest BCUT2D eigenvalue weighted by molar-refractivity contribution is 7.89. The molecule has 1 aromatic carbocycles. The van der Waals surface area contributed by atoms with E-state index in [0.717, 1.165) is 42.6 Å². The maximum atomic E-state index is 13.4. The van der Waals surface area contributed by atoms with E-state index >= 15 is 0 Å². The third kappa shape index (κ3) is 7.05. The maximum Gasteiger partial charge on any atom is 0.414 e. The summed E-state index contributed by atoms with van der Waals surface area (Å²) in [7, 11) is -0.415. The summed E-state index contributed by atoms with van der Waals surface area (Å²) in [6.07, 6.45) is 4.92. The molecule has 11 heteroatoms. The van der Waals surface area contributed by atoms with E-state index in [1.807, 2.05) is 13.0 Å². The molecule has 2 aliphatic heterocycles. The number of amides is 2. The normalized spacial score (nSPS) is 23.2. The Morgan fingerprint density at radius 3 is 2.39 bits per heavy atom. The molecule has 2 fully saturated rings. The summed E-state index contributed by atoms with van der Waals surface area (Å²) in [5.41, 5.74) is 0.720. The number of rotatable bonds is 7. The van der Waals surface area contributed by atoms with Crippen molar-refractivity contribution in [1.29, 1.82) is 0 Å². The third-order valence-electron chi connectivity index (χ3n) is 8.65. The first kappa shape index (κ1) is 31.3. The molecule has 1 aliphatic carbocycles. The first-order chi connectivity index (χ1) is 19.1. The van der Waals surface area contributed by atoms with Crippen LogP contribution in [0.5, 0.6) is 5.75 Å². The molecule has 2 heterocycles. The zero-order valence-corrected chi connectivity index (χ0v) is 26.4. The van der Waals surface area contributed by atoms with Gasteiger partial charge in [0.25, 0.3) is 5.91 Å². The number of carbonyl (C=O) groups excluding carboxylic acids is 2. The first-order valence-corrected chi connectivity index (χ1v) is 16.3. The Labute approximate surface area is 244 Å². The fourth-order valence-electron chi connectivity index (χ4n) is 6.00. The first-order valence-electron chi connectivity index (χ1n) is 14.7. The number of piperidine rings is 1. The van der Waals surface area contributed by atoms with Gasteiger partial charge < -0.3 is 14.8 Å². The lowest BCUT2D eigenvalue weighted by Crippen LogP contribution is -2.51. The van der Waals surface area contributed by atoms with Crippen molar-refractivity contribution in [2.24, 2.45) is 16.8 Å². The number of hydrogen-bond acceptors (Lipinski definition) is 7. The van der Waals surface area contributed by atoms with Crippen LogP contribution in [0, 0.1) is 18.8 Å². The molecule has 228 valence electrons. The Hall–Kier alpha value is -2.66. The predicted octanol–water partition coefficient (Wildman–Crippen LogP) is 4.44. The SMILES string of the molecule is COc1cc(N(C)C(=O)OC(C)(C)C)cc(C)c1CCS(=O)(=O)N1CCC2(CC1)N=C(C1CCC(C)CC1)NC2=O. The van der Waals surface area contributed by atoms with E-state index in [1.54, 1.807) is 33.9 Å². The number of ether oxygens (including phenoxy) is 2. The molecule has 0 atom stereocenters. The highest BCUT2D eigenvalue weighted by Crippen LogP contribution is 2.36. The average Bonchev–Trinajstić information content (AvgIpc) is 3.21. The Kier molecular flexibility index (Phi) is 9.09. The fourth-order valence-corrected chi connectivity index (χ4v) is 7.46. The van der Waals surface area contributed by atoms with Crippen LogP contribution in [-0.2, 0) is 26.0 Å². The van der Waals surface area contributed by atoms with E-state index in [9.17, 15) is 18.0 Å². The van der Waals surface area contributed by atoms with Crippen LogP contribution in [-0.4, -0.2) is 74.7 Å². The molecule has 1 N–H and O–H groups in total. The van der Waals surface area contributed by atoms with Gasteiger partial charge in [-0.2, -0.15) is 0 Å². The van der Waals surface area contributed by atoms with Crippen molar-refractivity contribution >= 4 is 33.5 Å². The molecular weight excluding hydrogens is 544 g/mol. The van der Waals surface area contributed by atoms with E-state index < -0.39 is 27.3 Å². The van der Waals surface area contributed by atoms with E-state index in [4.69, 9.17) is 14.5 Å². The molecule has 3 aliphatic rings. The highest BCUT2D eigenvalue weighted by atomic mass is 32.2. The predicted molar refractivity (Wildman–Crippen MR) is 160 cm³/mol. The molecule has 0 aromatic heterocycles. The van der Waals surface area contributed by atoms with Gasteiger partial charge in [0, 0.05) is 32.1 Å². The van der Waals surface area contributed by atoms with Crippen molar-refractivity contribution < 1.29 is 27.5 Å². The number of carbonyl (C=O) groups is 2. The molecule has 0 radical (unpaired) electrons. The lowest BCUT2D eigenvalue weighted by Gasteiger charge is -2.34. The molecule has 1 spiro atoms. The molecule has 1 saturated heterocycles. The minimum atomic E-state index is -3.57. The van der Waals surface area contributed by atoms with Gasteiger partial charge in [0.05, 0.1) is 18.6 Å². The Morgan fingerprint density at radius 2 is 1.80 bits per heavy atom. The summed E-state index contributed by atoms with van der Waals surface area (Å²) in [6, 6.07) is 3.56. The molecule has 1 saturated carbocycles. The van der Waals surface area contributed by atoms with Crippen molar-refractivity contribution in [2.75, 3.05) is 37.9 Å². The van der Waals surface area contributed by atoms with Crippen molar-refractivity contribution in [3.63, 3.8) is 0 Å². The van der Waals surface area contributed by atoms with Crippen molar-refractivity contribution in [2.45, 2.75) is 90.7 Å². The van der Waals surface area contributed by atoms with Gasteiger partial charge in [-0.25, -0.2) is 17.5 Å². The number of nitrogens with one attached hydrogen (secondary N) is 1. The number of sulfonamides is 1. The summed E-state index contributed by atoms with van der Waals surface area (Å²) < 4.78 is 39.3. The van der Waals surface area contributed by atoms with Crippen LogP contribution < -0.4 is 15.0 Å². The molecule has 10 nitrogen and oxygen atoms in total.